The number of hydrogen-bond acceptors (Lipinski definition) is 2. The maximum absolute atomic E-state index is 2.47. The fourth-order valence-electron chi connectivity index (χ4n) is 10.1. The van der Waals surface area contributed by atoms with Gasteiger partial charge in [0.1, 0.15) is 0 Å². The van der Waals surface area contributed by atoms with Gasteiger partial charge in [-0.1, -0.05) is 188 Å². The predicted octanol–water partition coefficient (Wildman–Crippen LogP) is 16.4. The van der Waals surface area contributed by atoms with Crippen LogP contribution in [0.5, 0.6) is 0 Å². The van der Waals surface area contributed by atoms with E-state index in [-0.39, 0.29) is 0 Å². The maximum Gasteiger partial charge on any atom is 0.0719 e. The van der Waals surface area contributed by atoms with Gasteiger partial charge in [-0.15, -0.1) is 11.3 Å². The van der Waals surface area contributed by atoms with E-state index in [9.17, 15) is 0 Å². The third-order valence-electron chi connectivity index (χ3n) is 12.7. The average molecular weight is 794 g/mol. The van der Waals surface area contributed by atoms with Crippen LogP contribution >= 0.6 is 11.3 Å². The molecule has 0 radical (unpaired) electrons. The van der Waals surface area contributed by atoms with Crippen molar-refractivity contribution in [2.45, 2.75) is 5.41 Å². The van der Waals surface area contributed by atoms with E-state index in [0.717, 1.165) is 17.1 Å². The van der Waals surface area contributed by atoms with Crippen LogP contribution < -0.4 is 4.90 Å². The second-order valence-electron chi connectivity index (χ2n) is 16.0. The van der Waals surface area contributed by atoms with Crippen LogP contribution in [0.15, 0.2) is 237 Å². The summed E-state index contributed by atoms with van der Waals surface area (Å²) >= 11 is 1.86. The van der Waals surface area contributed by atoms with E-state index in [1.54, 1.807) is 0 Å². The Morgan fingerprint density at radius 3 is 1.51 bits per heavy atom. The summed E-state index contributed by atoms with van der Waals surface area (Å²) in [5.74, 6) is 0. The van der Waals surface area contributed by atoms with Gasteiger partial charge in [0.2, 0.25) is 0 Å². The van der Waals surface area contributed by atoms with Crippen LogP contribution in [0.1, 0.15) is 22.3 Å². The van der Waals surface area contributed by atoms with Crippen molar-refractivity contribution in [1.29, 1.82) is 0 Å². The smallest absolute Gasteiger partial charge is 0.0719 e. The van der Waals surface area contributed by atoms with E-state index in [2.05, 4.69) is 241 Å². The van der Waals surface area contributed by atoms with Gasteiger partial charge >= 0.3 is 0 Å². The van der Waals surface area contributed by atoms with Crippen molar-refractivity contribution in [1.82, 2.24) is 0 Å². The number of hydrogen-bond donors (Lipinski definition) is 0. The third kappa shape index (κ3) is 5.60. The number of rotatable bonds is 7. The molecule has 11 aromatic rings. The number of fused-ring (bicyclic) bond motifs is 8. The molecule has 2 heteroatoms. The van der Waals surface area contributed by atoms with Gasteiger partial charge in [0.15, 0.2) is 0 Å². The summed E-state index contributed by atoms with van der Waals surface area (Å²) in [7, 11) is 0. The lowest BCUT2D eigenvalue weighted by atomic mass is 9.66. The Hall–Kier alpha value is -7.52. The second kappa shape index (κ2) is 14.3. The van der Waals surface area contributed by atoms with Crippen LogP contribution in [-0.2, 0) is 5.41 Å². The summed E-state index contributed by atoms with van der Waals surface area (Å²) in [4.78, 5) is 2.40. The molecule has 61 heavy (non-hydrogen) atoms. The molecule has 286 valence electrons. The first-order chi connectivity index (χ1) is 30.3. The minimum Gasteiger partial charge on any atom is -0.310 e. The van der Waals surface area contributed by atoms with Gasteiger partial charge in [0.25, 0.3) is 0 Å². The van der Waals surface area contributed by atoms with Crippen LogP contribution in [0.25, 0.3) is 64.3 Å². The van der Waals surface area contributed by atoms with E-state index in [1.165, 1.54) is 86.6 Å². The van der Waals surface area contributed by atoms with Gasteiger partial charge in [-0.05, 0) is 115 Å². The molecule has 0 fully saturated rings. The van der Waals surface area contributed by atoms with Crippen LogP contribution in [-0.4, -0.2) is 0 Å². The van der Waals surface area contributed by atoms with Gasteiger partial charge in [0, 0.05) is 37.2 Å². The lowest BCUT2D eigenvalue weighted by molar-refractivity contribution is 0.775. The van der Waals surface area contributed by atoms with E-state index in [0.29, 0.717) is 0 Å². The summed E-state index contributed by atoms with van der Waals surface area (Å²) in [5, 5.41) is 5.14. The zero-order chi connectivity index (χ0) is 40.3. The van der Waals surface area contributed by atoms with Gasteiger partial charge in [-0.3, -0.25) is 0 Å². The summed E-state index contributed by atoms with van der Waals surface area (Å²) in [5.41, 5.74) is 15.5. The van der Waals surface area contributed by atoms with E-state index >= 15 is 0 Å². The van der Waals surface area contributed by atoms with Crippen molar-refractivity contribution in [3.05, 3.63) is 259 Å². The average Bonchev–Trinajstić information content (AvgIpc) is 3.86. The van der Waals surface area contributed by atoms with Gasteiger partial charge in [-0.2, -0.15) is 0 Å². The molecule has 0 bridgehead atoms. The molecule has 12 rings (SSSR count). The van der Waals surface area contributed by atoms with Crippen LogP contribution in [0.2, 0.25) is 0 Å². The first kappa shape index (κ1) is 35.4. The normalized spacial score (nSPS) is 12.7. The lowest BCUT2D eigenvalue weighted by Crippen LogP contribution is -2.28. The largest absolute Gasteiger partial charge is 0.310 e. The van der Waals surface area contributed by atoms with Crippen molar-refractivity contribution >= 4 is 59.3 Å². The quantitative estimate of drug-likeness (QED) is 0.155. The fourth-order valence-corrected chi connectivity index (χ4v) is 11.2. The van der Waals surface area contributed by atoms with Crippen LogP contribution in [0.4, 0.5) is 17.1 Å². The standard InChI is InChI=1S/C59H39NS/c1-4-16-40(17-5-1)41-28-32-45(33-29-41)60(47-36-37-51-50-24-13-15-27-56(50)61-57(51)38-47)46-34-30-42(31-35-46)53-39-54-49-23-12-14-26-55(49)59(43-18-6-2-7-19-43,44-20-8-3-9-21-44)58(54)52-25-11-10-22-48(52)53/h1-39H. The molecule has 0 saturated heterocycles. The molecule has 0 unspecified atom stereocenters. The highest BCUT2D eigenvalue weighted by atomic mass is 32.1. The first-order valence-corrected chi connectivity index (χ1v) is 21.8. The Balaban J connectivity index is 1.03. The number of anilines is 3. The Labute approximate surface area is 360 Å². The molecule has 1 nitrogen and oxygen atoms in total. The zero-order valence-electron chi connectivity index (χ0n) is 33.4. The summed E-state index contributed by atoms with van der Waals surface area (Å²) < 4.78 is 2.60. The molecule has 0 N–H and O–H groups in total. The minimum atomic E-state index is -0.470. The molecular weight excluding hydrogens is 755 g/mol. The summed E-state index contributed by atoms with van der Waals surface area (Å²) in [6, 6.07) is 87.2. The van der Waals surface area contributed by atoms with E-state index in [1.807, 2.05) is 11.3 Å². The number of benzene rings is 10. The third-order valence-corrected chi connectivity index (χ3v) is 13.9. The predicted molar refractivity (Wildman–Crippen MR) is 260 cm³/mol. The first-order valence-electron chi connectivity index (χ1n) is 21.0. The monoisotopic (exact) mass is 793 g/mol. The molecule has 1 heterocycles. The van der Waals surface area contributed by atoms with Gasteiger partial charge in [-0.25, -0.2) is 0 Å². The second-order valence-corrected chi connectivity index (χ2v) is 17.1. The Morgan fingerprint density at radius 2 is 0.820 bits per heavy atom. The highest BCUT2D eigenvalue weighted by Crippen LogP contribution is 2.59. The molecule has 0 spiro atoms. The maximum atomic E-state index is 2.47. The SMILES string of the molecule is c1ccc(-c2ccc(N(c3ccc(-c4cc5c(c6ccccc46)C(c4ccccc4)(c4ccccc4)c4ccccc4-5)cc3)c3ccc4c(c3)sc3ccccc34)cc2)cc1. The molecule has 0 saturated carbocycles. The fraction of sp³-hybridized carbons (Fsp3) is 0.0169. The molecule has 1 aliphatic carbocycles. The Bertz CT molecular complexity index is 3350. The van der Waals surface area contributed by atoms with E-state index < -0.39 is 5.41 Å². The molecule has 0 aliphatic heterocycles. The number of nitrogens with zero attached hydrogens (tertiary/aromatic N) is 1. The number of thiophene rings is 1. The molecule has 0 atom stereocenters. The van der Waals surface area contributed by atoms with Crippen molar-refractivity contribution in [2.75, 3.05) is 4.90 Å². The van der Waals surface area contributed by atoms with Crippen molar-refractivity contribution in [3.8, 4) is 33.4 Å². The summed E-state index contributed by atoms with van der Waals surface area (Å²) in [6.45, 7) is 0. The highest BCUT2D eigenvalue weighted by molar-refractivity contribution is 7.25. The van der Waals surface area contributed by atoms with Gasteiger partial charge in [0.05, 0.1) is 5.41 Å². The molecular formula is C59H39NS. The Kier molecular flexibility index (Phi) is 8.33. The van der Waals surface area contributed by atoms with Crippen molar-refractivity contribution in [3.63, 3.8) is 0 Å². The molecule has 1 aromatic heterocycles. The molecule has 0 amide bonds. The molecule has 1 aliphatic rings. The van der Waals surface area contributed by atoms with Crippen LogP contribution in [0.3, 0.4) is 0 Å². The Morgan fingerprint density at radius 1 is 0.311 bits per heavy atom. The zero-order valence-corrected chi connectivity index (χ0v) is 34.2. The topological polar surface area (TPSA) is 3.24 Å². The minimum absolute atomic E-state index is 0.470. The summed E-state index contributed by atoms with van der Waals surface area (Å²) in [6.07, 6.45) is 0. The van der Waals surface area contributed by atoms with E-state index in [4.69, 9.17) is 0 Å². The molecule has 10 aromatic carbocycles. The van der Waals surface area contributed by atoms with Crippen LogP contribution in [0, 0.1) is 0 Å². The van der Waals surface area contributed by atoms with Gasteiger partial charge < -0.3 is 4.90 Å². The highest BCUT2D eigenvalue weighted by Gasteiger charge is 2.47. The lowest BCUT2D eigenvalue weighted by Gasteiger charge is -2.35. The van der Waals surface area contributed by atoms with Crippen molar-refractivity contribution < 1.29 is 0 Å². The van der Waals surface area contributed by atoms with Crippen molar-refractivity contribution in [2.24, 2.45) is 0 Å².